The molecule has 0 atom stereocenters. The van der Waals surface area contributed by atoms with Gasteiger partial charge in [-0.2, -0.15) is 0 Å². The number of ketones is 1. The average Bonchev–Trinajstić information content (AvgIpc) is 2.56. The molecule has 0 spiro atoms. The number of carbonyl (C=O) groups excluding carboxylic acids is 2. The minimum Gasteiger partial charge on any atom is -0.378 e. The summed E-state index contributed by atoms with van der Waals surface area (Å²) in [7, 11) is 0. The van der Waals surface area contributed by atoms with Crippen molar-refractivity contribution in [3.63, 3.8) is 0 Å². The number of amides is 1. The first-order chi connectivity index (χ1) is 12.0. The molecule has 2 aliphatic rings. The standard InChI is InChI=1S/C20H35NO4/c1-4-10-24-17-5-7-18(8-6-17)25-11-9-19(22)21-16-12-15(13-16)20(23)14(2)3/h14-18H,4-13H2,1-3H3,(H,21,22). The molecule has 0 unspecified atom stereocenters. The Labute approximate surface area is 152 Å². The van der Waals surface area contributed by atoms with Crippen molar-refractivity contribution in [3.05, 3.63) is 0 Å². The van der Waals surface area contributed by atoms with Crippen LogP contribution in [0.15, 0.2) is 0 Å². The number of rotatable bonds is 10. The lowest BCUT2D eigenvalue weighted by molar-refractivity contribution is -0.131. The molecule has 0 aliphatic heterocycles. The summed E-state index contributed by atoms with van der Waals surface area (Å²) in [5.41, 5.74) is 0. The lowest BCUT2D eigenvalue weighted by atomic mass is 9.75. The summed E-state index contributed by atoms with van der Waals surface area (Å²) < 4.78 is 11.6. The van der Waals surface area contributed by atoms with E-state index in [2.05, 4.69) is 12.2 Å². The van der Waals surface area contributed by atoms with E-state index in [1.165, 1.54) is 0 Å². The van der Waals surface area contributed by atoms with E-state index in [0.717, 1.165) is 51.6 Å². The lowest BCUT2D eigenvalue weighted by Gasteiger charge is -2.35. The van der Waals surface area contributed by atoms with Gasteiger partial charge in [0.2, 0.25) is 5.91 Å². The van der Waals surface area contributed by atoms with E-state index in [0.29, 0.717) is 24.9 Å². The van der Waals surface area contributed by atoms with E-state index in [1.807, 2.05) is 13.8 Å². The van der Waals surface area contributed by atoms with Crippen LogP contribution in [0.5, 0.6) is 0 Å². The Morgan fingerprint density at radius 3 is 2.08 bits per heavy atom. The van der Waals surface area contributed by atoms with E-state index < -0.39 is 0 Å². The van der Waals surface area contributed by atoms with Crippen LogP contribution in [0.4, 0.5) is 0 Å². The molecule has 0 bridgehead atoms. The van der Waals surface area contributed by atoms with Crippen molar-refractivity contribution < 1.29 is 19.1 Å². The van der Waals surface area contributed by atoms with Gasteiger partial charge in [-0.25, -0.2) is 0 Å². The molecule has 0 aromatic carbocycles. The molecule has 1 amide bonds. The summed E-state index contributed by atoms with van der Waals surface area (Å²) >= 11 is 0. The molecule has 0 saturated heterocycles. The van der Waals surface area contributed by atoms with Gasteiger partial charge >= 0.3 is 0 Å². The molecule has 0 radical (unpaired) electrons. The fraction of sp³-hybridized carbons (Fsp3) is 0.900. The molecule has 5 nitrogen and oxygen atoms in total. The van der Waals surface area contributed by atoms with Crippen molar-refractivity contribution in [1.82, 2.24) is 5.32 Å². The summed E-state index contributed by atoms with van der Waals surface area (Å²) in [4.78, 5) is 23.8. The van der Waals surface area contributed by atoms with Crippen LogP contribution in [0, 0.1) is 11.8 Å². The third-order valence-electron chi connectivity index (χ3n) is 5.34. The second-order valence-corrected chi connectivity index (χ2v) is 7.88. The zero-order valence-corrected chi connectivity index (χ0v) is 16.1. The van der Waals surface area contributed by atoms with Crippen molar-refractivity contribution in [2.45, 2.75) is 90.4 Å². The maximum atomic E-state index is 12.0. The van der Waals surface area contributed by atoms with E-state index in [-0.39, 0.29) is 29.9 Å². The Balaban J connectivity index is 1.50. The smallest absolute Gasteiger partial charge is 0.222 e. The van der Waals surface area contributed by atoms with Gasteiger partial charge in [-0.3, -0.25) is 9.59 Å². The first-order valence-corrected chi connectivity index (χ1v) is 10.1. The largest absolute Gasteiger partial charge is 0.378 e. The molecular formula is C20H35NO4. The maximum absolute atomic E-state index is 12.0. The summed E-state index contributed by atoms with van der Waals surface area (Å²) in [5.74, 6) is 0.608. The molecule has 1 N–H and O–H groups in total. The third-order valence-corrected chi connectivity index (χ3v) is 5.34. The van der Waals surface area contributed by atoms with Gasteiger partial charge < -0.3 is 14.8 Å². The molecule has 2 aliphatic carbocycles. The van der Waals surface area contributed by atoms with Gasteiger partial charge in [0.25, 0.3) is 0 Å². The van der Waals surface area contributed by atoms with Crippen LogP contribution in [0.2, 0.25) is 0 Å². The van der Waals surface area contributed by atoms with E-state index in [4.69, 9.17) is 9.47 Å². The Kier molecular flexibility index (Phi) is 8.37. The zero-order chi connectivity index (χ0) is 18.2. The van der Waals surface area contributed by atoms with Gasteiger partial charge in [-0.15, -0.1) is 0 Å². The first kappa shape index (κ1) is 20.4. The van der Waals surface area contributed by atoms with Crippen LogP contribution >= 0.6 is 0 Å². The van der Waals surface area contributed by atoms with E-state index >= 15 is 0 Å². The minimum atomic E-state index is 0.0420. The molecule has 0 aromatic heterocycles. The predicted molar refractivity (Wildman–Crippen MR) is 97.4 cm³/mol. The second kappa shape index (κ2) is 10.3. The van der Waals surface area contributed by atoms with Crippen molar-refractivity contribution in [3.8, 4) is 0 Å². The van der Waals surface area contributed by atoms with Crippen LogP contribution in [0.25, 0.3) is 0 Å². The van der Waals surface area contributed by atoms with Gasteiger partial charge in [0.05, 0.1) is 18.8 Å². The highest BCUT2D eigenvalue weighted by Gasteiger charge is 2.35. The molecule has 2 fully saturated rings. The number of hydrogen-bond acceptors (Lipinski definition) is 4. The number of carbonyl (C=O) groups is 2. The highest BCUT2D eigenvalue weighted by Crippen LogP contribution is 2.30. The summed E-state index contributed by atoms with van der Waals surface area (Å²) in [6.07, 6.45) is 7.90. The Bertz CT molecular complexity index is 423. The number of hydrogen-bond donors (Lipinski definition) is 1. The fourth-order valence-electron chi connectivity index (χ4n) is 3.71. The monoisotopic (exact) mass is 353 g/mol. The van der Waals surface area contributed by atoms with Gasteiger partial charge in [-0.1, -0.05) is 20.8 Å². The molecule has 5 heteroatoms. The SMILES string of the molecule is CCCOC1CCC(OCCC(=O)NC2CC(C(=O)C(C)C)C2)CC1. The molecular weight excluding hydrogens is 318 g/mol. The highest BCUT2D eigenvalue weighted by atomic mass is 16.5. The Hall–Kier alpha value is -0.940. The third kappa shape index (κ3) is 6.70. The average molecular weight is 354 g/mol. The van der Waals surface area contributed by atoms with E-state index in [9.17, 15) is 9.59 Å². The van der Waals surface area contributed by atoms with Crippen LogP contribution in [-0.4, -0.2) is 43.2 Å². The number of Topliss-reactive ketones (excluding diaryl/α,β-unsaturated/α-hetero) is 1. The number of ether oxygens (including phenoxy) is 2. The zero-order valence-electron chi connectivity index (χ0n) is 16.1. The van der Waals surface area contributed by atoms with Crippen LogP contribution in [-0.2, 0) is 19.1 Å². The fourth-order valence-corrected chi connectivity index (χ4v) is 3.71. The quantitative estimate of drug-likeness (QED) is 0.655. The second-order valence-electron chi connectivity index (χ2n) is 7.88. The molecule has 0 aromatic rings. The molecule has 2 saturated carbocycles. The van der Waals surface area contributed by atoms with Gasteiger partial charge in [0, 0.05) is 30.9 Å². The molecule has 144 valence electrons. The molecule has 25 heavy (non-hydrogen) atoms. The van der Waals surface area contributed by atoms with Gasteiger partial charge in [0.15, 0.2) is 0 Å². The highest BCUT2D eigenvalue weighted by molar-refractivity contribution is 5.84. The predicted octanol–water partition coefficient (Wildman–Crippen LogP) is 3.25. The van der Waals surface area contributed by atoms with Crippen molar-refractivity contribution in [2.75, 3.05) is 13.2 Å². The normalized spacial score (nSPS) is 29.3. The molecule has 0 heterocycles. The van der Waals surface area contributed by atoms with Crippen molar-refractivity contribution in [1.29, 1.82) is 0 Å². The maximum Gasteiger partial charge on any atom is 0.222 e. The number of nitrogens with one attached hydrogen (secondary N) is 1. The Morgan fingerprint density at radius 2 is 1.56 bits per heavy atom. The van der Waals surface area contributed by atoms with Gasteiger partial charge in [0.1, 0.15) is 5.78 Å². The van der Waals surface area contributed by atoms with Crippen LogP contribution < -0.4 is 5.32 Å². The minimum absolute atomic E-state index is 0.0420. The summed E-state index contributed by atoms with van der Waals surface area (Å²) in [6, 6.07) is 0.173. The van der Waals surface area contributed by atoms with Crippen molar-refractivity contribution in [2.24, 2.45) is 11.8 Å². The first-order valence-electron chi connectivity index (χ1n) is 10.1. The molecule has 2 rings (SSSR count). The lowest BCUT2D eigenvalue weighted by Crippen LogP contribution is -2.47. The topological polar surface area (TPSA) is 64.6 Å². The van der Waals surface area contributed by atoms with E-state index in [1.54, 1.807) is 0 Å². The summed E-state index contributed by atoms with van der Waals surface area (Å²) in [5, 5.41) is 3.02. The van der Waals surface area contributed by atoms with Gasteiger partial charge in [-0.05, 0) is 44.9 Å². The summed E-state index contributed by atoms with van der Waals surface area (Å²) in [6.45, 7) is 7.34. The Morgan fingerprint density at radius 1 is 1.00 bits per heavy atom. The van der Waals surface area contributed by atoms with Crippen LogP contribution in [0.3, 0.4) is 0 Å². The van der Waals surface area contributed by atoms with Crippen LogP contribution in [0.1, 0.15) is 72.1 Å². The van der Waals surface area contributed by atoms with Crippen molar-refractivity contribution >= 4 is 11.7 Å².